The van der Waals surface area contributed by atoms with Gasteiger partial charge in [-0.25, -0.2) is 0 Å². The third kappa shape index (κ3) is 11.1. The average Bonchev–Trinajstić information content (AvgIpc) is 2.44. The van der Waals surface area contributed by atoms with Crippen molar-refractivity contribution in [1.82, 2.24) is 0 Å². The molecule has 0 saturated carbocycles. The predicted molar refractivity (Wildman–Crippen MR) is 78.2 cm³/mol. The lowest BCUT2D eigenvalue weighted by Gasteiger charge is -2.23. The number of hydrogen-bond donors (Lipinski definition) is 0. The first-order valence-corrected chi connectivity index (χ1v) is 7.32. The summed E-state index contributed by atoms with van der Waals surface area (Å²) in [6.07, 6.45) is -0.931. The smallest absolute Gasteiger partial charge is 0.317 e. The summed E-state index contributed by atoms with van der Waals surface area (Å²) >= 11 is 0. The van der Waals surface area contributed by atoms with Gasteiger partial charge in [0, 0.05) is 5.41 Å². The second kappa shape index (κ2) is 10.6. The fraction of sp³-hybridized carbons (Fsp3) is 0.733. The summed E-state index contributed by atoms with van der Waals surface area (Å²) in [5, 5.41) is 0. The Hall–Kier alpha value is -2.12. The molecule has 23 heavy (non-hydrogen) atoms. The third-order valence-electron chi connectivity index (χ3n) is 2.44. The lowest BCUT2D eigenvalue weighted by molar-refractivity contribution is -0.158. The van der Waals surface area contributed by atoms with Gasteiger partial charge in [-0.05, 0) is 13.8 Å². The van der Waals surface area contributed by atoms with Gasteiger partial charge in [0.1, 0.15) is 12.8 Å². The van der Waals surface area contributed by atoms with Crippen molar-refractivity contribution in [1.29, 1.82) is 0 Å². The predicted octanol–water partition coefficient (Wildman–Crippen LogP) is 1.01. The zero-order chi connectivity index (χ0) is 17.9. The number of carbonyl (C=O) groups is 4. The van der Waals surface area contributed by atoms with Crippen LogP contribution in [0, 0.1) is 5.41 Å². The molecule has 0 spiro atoms. The third-order valence-corrected chi connectivity index (χ3v) is 2.44. The van der Waals surface area contributed by atoms with Crippen molar-refractivity contribution >= 4 is 23.9 Å². The van der Waals surface area contributed by atoms with Crippen LogP contribution in [-0.2, 0) is 38.1 Å². The Labute approximate surface area is 135 Å². The Morgan fingerprint density at radius 1 is 0.652 bits per heavy atom. The maximum Gasteiger partial charge on any atom is 0.317 e. The van der Waals surface area contributed by atoms with Crippen molar-refractivity contribution < 1.29 is 38.1 Å². The van der Waals surface area contributed by atoms with Crippen LogP contribution in [0.4, 0.5) is 0 Å². The van der Waals surface area contributed by atoms with Crippen LogP contribution in [0.15, 0.2) is 0 Å². The van der Waals surface area contributed by atoms with Crippen molar-refractivity contribution in [2.75, 3.05) is 26.4 Å². The maximum absolute atomic E-state index is 11.4. The van der Waals surface area contributed by atoms with Crippen molar-refractivity contribution in [2.45, 2.75) is 40.5 Å². The van der Waals surface area contributed by atoms with E-state index in [1.807, 2.05) is 0 Å². The molecule has 0 aliphatic carbocycles. The molecule has 0 fully saturated rings. The zero-order valence-electron chi connectivity index (χ0n) is 14.0. The van der Waals surface area contributed by atoms with E-state index in [4.69, 9.17) is 9.47 Å². The number of hydrogen-bond acceptors (Lipinski definition) is 8. The van der Waals surface area contributed by atoms with Gasteiger partial charge in [0.15, 0.2) is 0 Å². The van der Waals surface area contributed by atoms with Crippen LogP contribution >= 0.6 is 0 Å². The molecule has 0 aromatic carbocycles. The zero-order valence-corrected chi connectivity index (χ0v) is 14.0. The highest BCUT2D eigenvalue weighted by Crippen LogP contribution is 2.16. The molecule has 0 saturated heterocycles. The van der Waals surface area contributed by atoms with Crippen LogP contribution in [0.2, 0.25) is 0 Å². The number of ether oxygens (including phenoxy) is 4. The monoisotopic (exact) mass is 332 g/mol. The Morgan fingerprint density at radius 3 is 1.26 bits per heavy atom. The lowest BCUT2D eigenvalue weighted by atomic mass is 9.96. The van der Waals surface area contributed by atoms with Gasteiger partial charge in [-0.3, -0.25) is 19.2 Å². The summed E-state index contributed by atoms with van der Waals surface area (Å²) < 4.78 is 19.2. The first-order chi connectivity index (χ1) is 10.7. The van der Waals surface area contributed by atoms with Crippen molar-refractivity contribution in [2.24, 2.45) is 5.41 Å². The molecular weight excluding hydrogens is 308 g/mol. The minimum atomic E-state index is -0.714. The fourth-order valence-corrected chi connectivity index (χ4v) is 1.36. The van der Waals surface area contributed by atoms with Gasteiger partial charge in [0.25, 0.3) is 0 Å². The Bertz CT molecular complexity index is 389. The van der Waals surface area contributed by atoms with E-state index in [0.29, 0.717) is 0 Å². The Balaban J connectivity index is 4.08. The largest absolute Gasteiger partial charge is 0.466 e. The number of rotatable bonds is 10. The van der Waals surface area contributed by atoms with Crippen LogP contribution < -0.4 is 0 Å². The van der Waals surface area contributed by atoms with Crippen LogP contribution in [0.1, 0.15) is 40.5 Å². The Morgan fingerprint density at radius 2 is 0.957 bits per heavy atom. The van der Waals surface area contributed by atoms with Crippen LogP contribution in [0.5, 0.6) is 0 Å². The highest BCUT2D eigenvalue weighted by atomic mass is 16.6. The molecule has 0 aliphatic heterocycles. The average molecular weight is 332 g/mol. The van der Waals surface area contributed by atoms with Gasteiger partial charge < -0.3 is 18.9 Å². The van der Waals surface area contributed by atoms with Crippen LogP contribution in [0.3, 0.4) is 0 Å². The minimum Gasteiger partial charge on any atom is -0.466 e. The van der Waals surface area contributed by atoms with E-state index in [9.17, 15) is 19.2 Å². The van der Waals surface area contributed by atoms with E-state index >= 15 is 0 Å². The molecule has 132 valence electrons. The number of esters is 4. The summed E-state index contributed by atoms with van der Waals surface area (Å²) in [7, 11) is 0. The Kier molecular flexibility index (Phi) is 9.60. The molecular formula is C15H24O8. The molecule has 0 atom stereocenters. The van der Waals surface area contributed by atoms with E-state index in [1.165, 1.54) is 0 Å². The first-order valence-electron chi connectivity index (χ1n) is 7.32. The minimum absolute atomic E-state index is 0.0437. The van der Waals surface area contributed by atoms with Gasteiger partial charge in [-0.15, -0.1) is 0 Å². The normalized spacial score (nSPS) is 10.6. The molecule has 0 unspecified atom stereocenters. The molecule has 8 nitrogen and oxygen atoms in total. The van der Waals surface area contributed by atoms with E-state index < -0.39 is 42.1 Å². The highest BCUT2D eigenvalue weighted by Gasteiger charge is 2.24. The van der Waals surface area contributed by atoms with E-state index in [2.05, 4.69) is 9.47 Å². The molecule has 0 amide bonds. The first kappa shape index (κ1) is 20.9. The summed E-state index contributed by atoms with van der Waals surface area (Å²) in [4.78, 5) is 45.1. The summed E-state index contributed by atoms with van der Waals surface area (Å²) in [6.45, 7) is 6.98. The van der Waals surface area contributed by atoms with Crippen molar-refractivity contribution in [3.05, 3.63) is 0 Å². The van der Waals surface area contributed by atoms with Gasteiger partial charge in [-0.1, -0.05) is 13.8 Å². The van der Waals surface area contributed by atoms with Gasteiger partial charge in [0.2, 0.25) is 0 Å². The van der Waals surface area contributed by atoms with E-state index in [0.717, 1.165) is 0 Å². The second-order valence-electron chi connectivity index (χ2n) is 5.45. The molecule has 0 N–H and O–H groups in total. The fourth-order valence-electron chi connectivity index (χ4n) is 1.36. The molecule has 0 bridgehead atoms. The van der Waals surface area contributed by atoms with Gasteiger partial charge in [-0.2, -0.15) is 0 Å². The molecule has 0 aliphatic rings. The standard InChI is InChI=1S/C15H24O8/c1-5-20-11(16)7-13(18)22-9-15(3,4)10-23-14(19)8-12(17)21-6-2/h5-10H2,1-4H3. The second-order valence-corrected chi connectivity index (χ2v) is 5.45. The molecule has 0 radical (unpaired) electrons. The maximum atomic E-state index is 11.4. The summed E-state index contributed by atoms with van der Waals surface area (Å²) in [6, 6.07) is 0. The van der Waals surface area contributed by atoms with Crippen molar-refractivity contribution in [3.63, 3.8) is 0 Å². The quantitative estimate of drug-likeness (QED) is 0.331. The molecule has 0 aromatic rings. The van der Waals surface area contributed by atoms with Crippen molar-refractivity contribution in [3.8, 4) is 0 Å². The summed E-state index contributed by atoms with van der Waals surface area (Å²) in [5.41, 5.74) is -0.658. The molecule has 0 aromatic heterocycles. The molecule has 0 rings (SSSR count). The van der Waals surface area contributed by atoms with Gasteiger partial charge >= 0.3 is 23.9 Å². The summed E-state index contributed by atoms with van der Waals surface area (Å²) in [5.74, 6) is -2.74. The van der Waals surface area contributed by atoms with Crippen LogP contribution in [-0.4, -0.2) is 50.3 Å². The van der Waals surface area contributed by atoms with Crippen LogP contribution in [0.25, 0.3) is 0 Å². The highest BCUT2D eigenvalue weighted by molar-refractivity contribution is 5.91. The van der Waals surface area contributed by atoms with Gasteiger partial charge in [0.05, 0.1) is 26.4 Å². The lowest BCUT2D eigenvalue weighted by Crippen LogP contribution is -2.29. The SMILES string of the molecule is CCOC(=O)CC(=O)OCC(C)(C)COC(=O)CC(=O)OCC. The molecule has 8 heteroatoms. The molecule has 0 heterocycles. The van der Waals surface area contributed by atoms with E-state index in [-0.39, 0.29) is 26.4 Å². The van der Waals surface area contributed by atoms with E-state index in [1.54, 1.807) is 27.7 Å². The topological polar surface area (TPSA) is 105 Å². The number of carbonyl (C=O) groups excluding carboxylic acids is 4.